The molecule has 0 N–H and O–H groups in total. The second-order valence-electron chi connectivity index (χ2n) is 4.91. The molecule has 0 bridgehead atoms. The summed E-state index contributed by atoms with van der Waals surface area (Å²) in [5, 5.41) is 0. The van der Waals surface area contributed by atoms with Gasteiger partial charge >= 0.3 is 5.97 Å². The smallest absolute Gasteiger partial charge is 0.337 e. The number of hydrogen-bond donors (Lipinski definition) is 0. The zero-order chi connectivity index (χ0) is 13.8. The van der Waals surface area contributed by atoms with Crippen molar-refractivity contribution < 1.29 is 14.3 Å². The minimum Gasteiger partial charge on any atom is -0.465 e. The summed E-state index contributed by atoms with van der Waals surface area (Å²) in [6.07, 6.45) is 2.44. The summed E-state index contributed by atoms with van der Waals surface area (Å²) in [7, 11) is 1.37. The van der Waals surface area contributed by atoms with Crippen LogP contribution < -0.4 is 0 Å². The average Bonchev–Trinajstić information content (AvgIpc) is 2.75. The van der Waals surface area contributed by atoms with Crippen molar-refractivity contribution in [2.45, 2.75) is 32.2 Å². The first-order valence-electron chi connectivity index (χ1n) is 6.58. The summed E-state index contributed by atoms with van der Waals surface area (Å²) in [6.45, 7) is 2.84. The van der Waals surface area contributed by atoms with Crippen LogP contribution in [0.1, 0.15) is 35.7 Å². The second-order valence-corrected chi connectivity index (χ2v) is 4.91. The van der Waals surface area contributed by atoms with Gasteiger partial charge in [0.05, 0.1) is 12.7 Å². The molecule has 1 aliphatic rings. The highest BCUT2D eigenvalue weighted by molar-refractivity contribution is 5.89. The van der Waals surface area contributed by atoms with Crippen molar-refractivity contribution in [2.24, 2.45) is 0 Å². The Bertz CT molecular complexity index is 467. The van der Waals surface area contributed by atoms with Gasteiger partial charge < -0.3 is 9.64 Å². The third-order valence-electron chi connectivity index (χ3n) is 3.64. The van der Waals surface area contributed by atoms with E-state index in [0.29, 0.717) is 18.0 Å². The van der Waals surface area contributed by atoms with Gasteiger partial charge in [-0.25, -0.2) is 4.79 Å². The Balaban J connectivity index is 1.93. The minimum absolute atomic E-state index is 0.249. The molecule has 0 spiro atoms. The number of ether oxygens (including phenoxy) is 1. The molecule has 102 valence electrons. The summed E-state index contributed by atoms with van der Waals surface area (Å²) < 4.78 is 4.65. The first kappa shape index (κ1) is 13.6. The molecule has 4 nitrogen and oxygen atoms in total. The van der Waals surface area contributed by atoms with Crippen LogP contribution in [-0.4, -0.2) is 36.5 Å². The standard InChI is InChI=1S/C15H19NO3/c1-11-3-8-14(17)16(11)10-9-12-4-6-13(7-5-12)15(18)19-2/h4-7,11H,3,8-10H2,1-2H3. The van der Waals surface area contributed by atoms with E-state index in [1.165, 1.54) is 7.11 Å². The molecule has 2 rings (SSSR count). The lowest BCUT2D eigenvalue weighted by Gasteiger charge is -2.21. The third kappa shape index (κ3) is 3.13. The van der Waals surface area contributed by atoms with Crippen molar-refractivity contribution in [3.05, 3.63) is 35.4 Å². The maximum Gasteiger partial charge on any atom is 0.337 e. The van der Waals surface area contributed by atoms with Gasteiger partial charge in [0.2, 0.25) is 5.91 Å². The molecule has 19 heavy (non-hydrogen) atoms. The second kappa shape index (κ2) is 5.87. The van der Waals surface area contributed by atoms with Gasteiger partial charge in [-0.3, -0.25) is 4.79 Å². The fourth-order valence-corrected chi connectivity index (χ4v) is 2.40. The van der Waals surface area contributed by atoms with Gasteiger partial charge in [-0.1, -0.05) is 12.1 Å². The lowest BCUT2D eigenvalue weighted by molar-refractivity contribution is -0.128. The van der Waals surface area contributed by atoms with Gasteiger partial charge in [0, 0.05) is 19.0 Å². The molecule has 1 aromatic carbocycles. The van der Waals surface area contributed by atoms with E-state index in [9.17, 15) is 9.59 Å². The summed E-state index contributed by atoms with van der Waals surface area (Å²) in [4.78, 5) is 24.9. The molecular formula is C15H19NO3. The molecule has 1 saturated heterocycles. The van der Waals surface area contributed by atoms with E-state index in [0.717, 1.165) is 24.9 Å². The monoisotopic (exact) mass is 261 g/mol. The molecule has 1 aliphatic heterocycles. The van der Waals surface area contributed by atoms with Crippen molar-refractivity contribution in [3.8, 4) is 0 Å². The maximum atomic E-state index is 11.7. The molecule has 0 aliphatic carbocycles. The lowest BCUT2D eigenvalue weighted by Crippen LogP contribution is -2.32. The van der Waals surface area contributed by atoms with Crippen LogP contribution in [0.25, 0.3) is 0 Å². The molecule has 1 unspecified atom stereocenters. The molecule has 0 radical (unpaired) electrons. The van der Waals surface area contributed by atoms with Gasteiger partial charge in [-0.05, 0) is 37.5 Å². The Morgan fingerprint density at radius 2 is 2.05 bits per heavy atom. The van der Waals surface area contributed by atoms with E-state index in [2.05, 4.69) is 11.7 Å². The van der Waals surface area contributed by atoms with Gasteiger partial charge in [0.15, 0.2) is 0 Å². The first-order valence-corrected chi connectivity index (χ1v) is 6.58. The van der Waals surface area contributed by atoms with Crippen LogP contribution >= 0.6 is 0 Å². The number of esters is 1. The number of methoxy groups -OCH3 is 1. The zero-order valence-electron chi connectivity index (χ0n) is 11.4. The number of carbonyl (C=O) groups excluding carboxylic acids is 2. The van der Waals surface area contributed by atoms with Gasteiger partial charge in [-0.15, -0.1) is 0 Å². The maximum absolute atomic E-state index is 11.7. The predicted octanol–water partition coefficient (Wildman–Crippen LogP) is 2.03. The number of carbonyl (C=O) groups is 2. The summed E-state index contributed by atoms with van der Waals surface area (Å²) >= 11 is 0. The van der Waals surface area contributed by atoms with Gasteiger partial charge in [0.1, 0.15) is 0 Å². The van der Waals surface area contributed by atoms with E-state index < -0.39 is 0 Å². The van der Waals surface area contributed by atoms with Crippen LogP contribution in [0.4, 0.5) is 0 Å². The van der Waals surface area contributed by atoms with Crippen LogP contribution in [-0.2, 0) is 16.0 Å². The van der Waals surface area contributed by atoms with Crippen LogP contribution in [0.5, 0.6) is 0 Å². The van der Waals surface area contributed by atoms with E-state index in [4.69, 9.17) is 0 Å². The van der Waals surface area contributed by atoms with Gasteiger partial charge in [-0.2, -0.15) is 0 Å². The van der Waals surface area contributed by atoms with E-state index in [1.807, 2.05) is 17.0 Å². The van der Waals surface area contributed by atoms with Crippen molar-refractivity contribution >= 4 is 11.9 Å². The Kier molecular flexibility index (Phi) is 4.20. The third-order valence-corrected chi connectivity index (χ3v) is 3.64. The molecular weight excluding hydrogens is 242 g/mol. The molecule has 4 heteroatoms. The fraction of sp³-hybridized carbons (Fsp3) is 0.467. The fourth-order valence-electron chi connectivity index (χ4n) is 2.40. The van der Waals surface area contributed by atoms with Crippen LogP contribution in [0.3, 0.4) is 0 Å². The van der Waals surface area contributed by atoms with Crippen molar-refractivity contribution in [2.75, 3.05) is 13.7 Å². The summed E-state index contributed by atoms with van der Waals surface area (Å²) in [6, 6.07) is 7.70. The number of rotatable bonds is 4. The molecule has 1 fully saturated rings. The van der Waals surface area contributed by atoms with Crippen LogP contribution in [0.2, 0.25) is 0 Å². The SMILES string of the molecule is COC(=O)c1ccc(CCN2C(=O)CCC2C)cc1. The van der Waals surface area contributed by atoms with E-state index in [-0.39, 0.29) is 11.9 Å². The van der Waals surface area contributed by atoms with E-state index >= 15 is 0 Å². The number of likely N-dealkylation sites (tertiary alicyclic amines) is 1. The number of hydrogen-bond acceptors (Lipinski definition) is 3. The molecule has 1 atom stereocenters. The number of nitrogens with zero attached hydrogens (tertiary/aromatic N) is 1. The molecule has 1 amide bonds. The van der Waals surface area contributed by atoms with Crippen molar-refractivity contribution in [3.63, 3.8) is 0 Å². The molecule has 1 aromatic rings. The zero-order valence-corrected chi connectivity index (χ0v) is 11.4. The molecule has 1 heterocycles. The quantitative estimate of drug-likeness (QED) is 0.779. The van der Waals surface area contributed by atoms with Crippen LogP contribution in [0.15, 0.2) is 24.3 Å². The van der Waals surface area contributed by atoms with Gasteiger partial charge in [0.25, 0.3) is 0 Å². The average molecular weight is 261 g/mol. The van der Waals surface area contributed by atoms with Crippen molar-refractivity contribution in [1.29, 1.82) is 0 Å². The molecule has 0 saturated carbocycles. The van der Waals surface area contributed by atoms with Crippen LogP contribution in [0, 0.1) is 0 Å². The topological polar surface area (TPSA) is 46.6 Å². The minimum atomic E-state index is -0.324. The Morgan fingerprint density at radius 3 is 2.58 bits per heavy atom. The highest BCUT2D eigenvalue weighted by Crippen LogP contribution is 2.18. The Morgan fingerprint density at radius 1 is 1.37 bits per heavy atom. The number of amides is 1. The highest BCUT2D eigenvalue weighted by atomic mass is 16.5. The lowest BCUT2D eigenvalue weighted by atomic mass is 10.1. The first-order chi connectivity index (χ1) is 9.11. The largest absolute Gasteiger partial charge is 0.465 e. The molecule has 0 aromatic heterocycles. The Hall–Kier alpha value is -1.84. The summed E-state index contributed by atoms with van der Waals surface area (Å²) in [5.74, 6) is -0.0754. The van der Waals surface area contributed by atoms with Crippen molar-refractivity contribution in [1.82, 2.24) is 4.90 Å². The highest BCUT2D eigenvalue weighted by Gasteiger charge is 2.26. The predicted molar refractivity (Wildman–Crippen MR) is 71.9 cm³/mol. The number of benzene rings is 1. The van der Waals surface area contributed by atoms with E-state index in [1.54, 1.807) is 12.1 Å². The summed E-state index contributed by atoms with van der Waals surface area (Å²) in [5.41, 5.74) is 1.68. The Labute approximate surface area is 113 Å². The normalized spacial score (nSPS) is 18.7.